The largest absolute Gasteiger partial charge is 0.497 e. The van der Waals surface area contributed by atoms with Gasteiger partial charge in [-0.15, -0.1) is 0 Å². The number of ether oxygens (including phenoxy) is 1. The zero-order chi connectivity index (χ0) is 20.1. The fraction of sp³-hybridized carbons (Fsp3) is 0.240. The standard InChI is InChI=1S/C25H26N2O2/c1-29-23-13-11-21(12-14-23)25(20-8-3-2-4-9-20)26-24(28)18-27-16-15-19-7-5-6-10-22(19)17-27/h2-14,25H,15-18H2,1H3,(H,26,28)/p+1/t25-/m1/s1. The van der Waals surface area contributed by atoms with Crippen molar-refractivity contribution >= 4 is 5.91 Å². The maximum absolute atomic E-state index is 12.9. The quantitative estimate of drug-likeness (QED) is 0.683. The predicted molar refractivity (Wildman–Crippen MR) is 114 cm³/mol. The smallest absolute Gasteiger partial charge is 0.275 e. The molecule has 29 heavy (non-hydrogen) atoms. The molecule has 0 fully saturated rings. The highest BCUT2D eigenvalue weighted by molar-refractivity contribution is 5.78. The summed E-state index contributed by atoms with van der Waals surface area (Å²) in [5.74, 6) is 0.882. The summed E-state index contributed by atoms with van der Waals surface area (Å²) < 4.78 is 5.27. The van der Waals surface area contributed by atoms with E-state index in [0.717, 1.165) is 36.4 Å². The van der Waals surface area contributed by atoms with Crippen molar-refractivity contribution in [2.75, 3.05) is 20.2 Å². The Kier molecular flexibility index (Phi) is 5.92. The molecule has 3 aromatic carbocycles. The minimum Gasteiger partial charge on any atom is -0.497 e. The molecule has 0 bridgehead atoms. The van der Waals surface area contributed by atoms with Crippen LogP contribution in [0.2, 0.25) is 0 Å². The van der Waals surface area contributed by atoms with Gasteiger partial charge in [0.15, 0.2) is 6.54 Å². The van der Waals surface area contributed by atoms with Crippen LogP contribution in [0, 0.1) is 0 Å². The zero-order valence-electron chi connectivity index (χ0n) is 16.7. The molecule has 4 rings (SSSR count). The number of methoxy groups -OCH3 is 1. The molecular formula is C25H27N2O2+. The van der Waals surface area contributed by atoms with Crippen LogP contribution in [0.4, 0.5) is 0 Å². The highest BCUT2D eigenvalue weighted by Crippen LogP contribution is 2.24. The Hall–Kier alpha value is -3.11. The number of carbonyl (C=O) groups is 1. The second-order valence-corrected chi connectivity index (χ2v) is 7.56. The van der Waals surface area contributed by atoms with Gasteiger partial charge < -0.3 is 15.0 Å². The Balaban J connectivity index is 1.48. The summed E-state index contributed by atoms with van der Waals surface area (Å²) in [5.41, 5.74) is 4.89. The van der Waals surface area contributed by atoms with Crippen molar-refractivity contribution in [3.8, 4) is 5.75 Å². The van der Waals surface area contributed by atoms with Crippen LogP contribution in [-0.4, -0.2) is 26.1 Å². The molecule has 1 aliphatic rings. The summed E-state index contributed by atoms with van der Waals surface area (Å²) in [6, 6.07) is 26.4. The minimum absolute atomic E-state index is 0.0732. The Morgan fingerprint density at radius 3 is 2.31 bits per heavy atom. The van der Waals surface area contributed by atoms with E-state index in [-0.39, 0.29) is 11.9 Å². The van der Waals surface area contributed by atoms with E-state index in [4.69, 9.17) is 4.74 Å². The van der Waals surface area contributed by atoms with Crippen LogP contribution in [-0.2, 0) is 17.8 Å². The summed E-state index contributed by atoms with van der Waals surface area (Å²) in [6.07, 6.45) is 1.03. The molecule has 1 unspecified atom stereocenters. The summed E-state index contributed by atoms with van der Waals surface area (Å²) >= 11 is 0. The number of benzene rings is 3. The molecule has 1 aliphatic heterocycles. The van der Waals surface area contributed by atoms with Gasteiger partial charge in [-0.2, -0.15) is 0 Å². The number of hydrogen-bond acceptors (Lipinski definition) is 2. The molecular weight excluding hydrogens is 360 g/mol. The molecule has 4 heteroatoms. The molecule has 1 amide bonds. The zero-order valence-corrected chi connectivity index (χ0v) is 16.7. The molecule has 2 N–H and O–H groups in total. The molecule has 0 aliphatic carbocycles. The van der Waals surface area contributed by atoms with E-state index >= 15 is 0 Å². The summed E-state index contributed by atoms with van der Waals surface area (Å²) in [6.45, 7) is 2.37. The molecule has 0 radical (unpaired) electrons. The fourth-order valence-electron chi connectivity index (χ4n) is 4.03. The van der Waals surface area contributed by atoms with Gasteiger partial charge in [-0.05, 0) is 28.8 Å². The Labute approximate surface area is 172 Å². The third kappa shape index (κ3) is 4.66. The highest BCUT2D eigenvalue weighted by Gasteiger charge is 2.24. The van der Waals surface area contributed by atoms with Gasteiger partial charge in [0.05, 0.1) is 19.7 Å². The van der Waals surface area contributed by atoms with Gasteiger partial charge in [0.2, 0.25) is 0 Å². The molecule has 0 saturated heterocycles. The average Bonchev–Trinajstić information content (AvgIpc) is 2.78. The fourth-order valence-corrected chi connectivity index (χ4v) is 4.03. The molecule has 0 aromatic heterocycles. The highest BCUT2D eigenvalue weighted by atomic mass is 16.5. The number of quaternary nitrogens is 1. The SMILES string of the molecule is COc1ccc([C@H](NC(=O)C[NH+]2CCc3ccccc3C2)c2ccccc2)cc1. The third-order valence-corrected chi connectivity index (χ3v) is 5.60. The van der Waals surface area contributed by atoms with E-state index in [1.165, 1.54) is 16.0 Å². The van der Waals surface area contributed by atoms with Gasteiger partial charge in [0.25, 0.3) is 5.91 Å². The molecule has 2 atom stereocenters. The van der Waals surface area contributed by atoms with E-state index in [1.807, 2.05) is 42.5 Å². The number of fused-ring (bicyclic) bond motifs is 1. The minimum atomic E-state index is -0.175. The van der Waals surface area contributed by atoms with Crippen LogP contribution in [0.25, 0.3) is 0 Å². The second kappa shape index (κ2) is 8.93. The first-order valence-corrected chi connectivity index (χ1v) is 10.1. The first kappa shape index (κ1) is 19.2. The average molecular weight is 388 g/mol. The number of hydrogen-bond donors (Lipinski definition) is 2. The second-order valence-electron chi connectivity index (χ2n) is 7.56. The van der Waals surface area contributed by atoms with Crippen LogP contribution in [0.1, 0.15) is 28.3 Å². The Morgan fingerprint density at radius 2 is 1.59 bits per heavy atom. The monoisotopic (exact) mass is 387 g/mol. The number of nitrogens with one attached hydrogen (secondary N) is 2. The summed E-state index contributed by atoms with van der Waals surface area (Å²) in [5, 5.41) is 3.26. The molecule has 3 aromatic rings. The first-order valence-electron chi connectivity index (χ1n) is 10.1. The molecule has 1 heterocycles. The normalized spacial score (nSPS) is 16.5. The van der Waals surface area contributed by atoms with E-state index in [2.05, 4.69) is 41.7 Å². The Morgan fingerprint density at radius 1 is 0.931 bits per heavy atom. The lowest BCUT2D eigenvalue weighted by Crippen LogP contribution is -3.12. The van der Waals surface area contributed by atoms with Crippen LogP contribution >= 0.6 is 0 Å². The number of rotatable bonds is 6. The number of amides is 1. The topological polar surface area (TPSA) is 42.8 Å². The lowest BCUT2D eigenvalue weighted by molar-refractivity contribution is -0.908. The predicted octanol–water partition coefficient (Wildman–Crippen LogP) is 2.54. The van der Waals surface area contributed by atoms with Crippen molar-refractivity contribution in [1.82, 2.24) is 5.32 Å². The Bertz CT molecular complexity index is 954. The van der Waals surface area contributed by atoms with Crippen LogP contribution in [0.3, 0.4) is 0 Å². The van der Waals surface area contributed by atoms with Crippen LogP contribution in [0.15, 0.2) is 78.9 Å². The van der Waals surface area contributed by atoms with Crippen molar-refractivity contribution in [3.63, 3.8) is 0 Å². The van der Waals surface area contributed by atoms with Gasteiger partial charge in [-0.25, -0.2) is 0 Å². The maximum atomic E-state index is 12.9. The van der Waals surface area contributed by atoms with Gasteiger partial charge in [0, 0.05) is 12.0 Å². The van der Waals surface area contributed by atoms with Crippen molar-refractivity contribution in [2.24, 2.45) is 0 Å². The molecule has 4 nitrogen and oxygen atoms in total. The first-order chi connectivity index (χ1) is 14.2. The lowest BCUT2D eigenvalue weighted by atomic mass is 9.98. The van der Waals surface area contributed by atoms with Crippen molar-refractivity contribution < 1.29 is 14.4 Å². The third-order valence-electron chi connectivity index (χ3n) is 5.60. The van der Waals surface area contributed by atoms with E-state index in [0.29, 0.717) is 6.54 Å². The van der Waals surface area contributed by atoms with Gasteiger partial charge in [0.1, 0.15) is 12.3 Å². The molecule has 0 saturated carbocycles. The van der Waals surface area contributed by atoms with E-state index < -0.39 is 0 Å². The van der Waals surface area contributed by atoms with Gasteiger partial charge in [-0.1, -0.05) is 66.7 Å². The number of carbonyl (C=O) groups excluding carboxylic acids is 1. The van der Waals surface area contributed by atoms with E-state index in [9.17, 15) is 4.79 Å². The lowest BCUT2D eigenvalue weighted by Gasteiger charge is -2.26. The summed E-state index contributed by atoms with van der Waals surface area (Å²) in [7, 11) is 1.66. The maximum Gasteiger partial charge on any atom is 0.275 e. The molecule has 148 valence electrons. The van der Waals surface area contributed by atoms with Crippen LogP contribution in [0.5, 0.6) is 5.75 Å². The van der Waals surface area contributed by atoms with Gasteiger partial charge in [-0.3, -0.25) is 4.79 Å². The summed E-state index contributed by atoms with van der Waals surface area (Å²) in [4.78, 5) is 14.3. The van der Waals surface area contributed by atoms with Crippen molar-refractivity contribution in [1.29, 1.82) is 0 Å². The van der Waals surface area contributed by atoms with Crippen molar-refractivity contribution in [2.45, 2.75) is 19.0 Å². The van der Waals surface area contributed by atoms with Gasteiger partial charge >= 0.3 is 0 Å². The molecule has 0 spiro atoms. The van der Waals surface area contributed by atoms with Crippen molar-refractivity contribution in [3.05, 3.63) is 101 Å². The van der Waals surface area contributed by atoms with E-state index in [1.54, 1.807) is 7.11 Å². The van der Waals surface area contributed by atoms with Crippen LogP contribution < -0.4 is 15.0 Å².